The smallest absolute Gasteiger partial charge is 0.235 e. The number of nitrogens with two attached hydrogens (primary N) is 1. The van der Waals surface area contributed by atoms with Crippen LogP contribution in [0, 0.1) is 11.8 Å². The molecule has 0 spiro atoms. The third-order valence-electron chi connectivity index (χ3n) is 4.71. The highest BCUT2D eigenvalue weighted by atomic mass is 35.5. The molecule has 1 aromatic carbocycles. The molecule has 3 nitrogen and oxygen atoms in total. The molecule has 0 aromatic heterocycles. The van der Waals surface area contributed by atoms with E-state index in [2.05, 4.69) is 0 Å². The molecule has 1 saturated carbocycles. The van der Waals surface area contributed by atoms with Gasteiger partial charge in [0.15, 0.2) is 0 Å². The van der Waals surface area contributed by atoms with Gasteiger partial charge in [-0.3, -0.25) is 4.79 Å². The molecule has 6 heteroatoms. The summed E-state index contributed by atoms with van der Waals surface area (Å²) in [5, 5.41) is 0.599. The summed E-state index contributed by atoms with van der Waals surface area (Å²) in [5.41, 5.74) is 6.14. The number of likely N-dealkylation sites (tertiary alicyclic amines) is 1. The number of halogens is 2. The average molecular weight is 361 g/mol. The normalized spacial score (nSPS) is 28.1. The molecule has 2 fully saturated rings. The molecule has 3 rings (SSSR count). The first kappa shape index (κ1) is 17.9. The molecule has 1 aliphatic heterocycles. The fourth-order valence-corrected chi connectivity index (χ4v) is 4.76. The van der Waals surface area contributed by atoms with Crippen molar-refractivity contribution in [1.82, 2.24) is 4.90 Å². The fraction of sp³-hybridized carbons (Fsp3) is 0.562. The van der Waals surface area contributed by atoms with E-state index in [-0.39, 0.29) is 29.6 Å². The second kappa shape index (κ2) is 7.43. The van der Waals surface area contributed by atoms with Crippen molar-refractivity contribution in [3.63, 3.8) is 0 Å². The largest absolute Gasteiger partial charge is 0.341 e. The Labute approximate surface area is 147 Å². The van der Waals surface area contributed by atoms with E-state index in [9.17, 15) is 4.79 Å². The lowest BCUT2D eigenvalue weighted by atomic mass is 9.98. The first-order valence-corrected chi connectivity index (χ1v) is 8.77. The topological polar surface area (TPSA) is 46.3 Å². The standard InChI is InChI=1S/C16H21ClN2OS.ClH/c1-10(21-15-5-3-2-4-13(15)17)16(20)19-8-11-6-7-14(18)12(11)9-19;/h2-5,10-12,14H,6-9,18H2,1H3;1H. The van der Waals surface area contributed by atoms with Crippen molar-refractivity contribution >= 4 is 41.7 Å². The van der Waals surface area contributed by atoms with Gasteiger partial charge in [-0.15, -0.1) is 24.2 Å². The number of benzene rings is 1. The third-order valence-corrected chi connectivity index (χ3v) is 6.32. The number of hydrogen-bond acceptors (Lipinski definition) is 3. The number of hydrogen-bond donors (Lipinski definition) is 1. The average Bonchev–Trinajstić information content (AvgIpc) is 3.03. The molecule has 4 unspecified atom stereocenters. The molecule has 22 heavy (non-hydrogen) atoms. The molecular formula is C16H22Cl2N2OS. The van der Waals surface area contributed by atoms with Gasteiger partial charge < -0.3 is 10.6 Å². The van der Waals surface area contributed by atoms with Crippen molar-refractivity contribution in [1.29, 1.82) is 0 Å². The zero-order valence-electron chi connectivity index (χ0n) is 12.6. The SMILES string of the molecule is CC(Sc1ccccc1Cl)C(=O)N1CC2CCC(N)C2C1.Cl. The van der Waals surface area contributed by atoms with Crippen LogP contribution in [-0.2, 0) is 4.79 Å². The summed E-state index contributed by atoms with van der Waals surface area (Å²) in [7, 11) is 0. The molecular weight excluding hydrogens is 339 g/mol. The van der Waals surface area contributed by atoms with Crippen LogP contribution in [0.15, 0.2) is 29.2 Å². The molecule has 2 aliphatic rings. The highest BCUT2D eigenvalue weighted by Crippen LogP contribution is 2.38. The van der Waals surface area contributed by atoms with Crippen molar-refractivity contribution in [2.24, 2.45) is 17.6 Å². The summed E-state index contributed by atoms with van der Waals surface area (Å²) in [6, 6.07) is 7.96. The minimum Gasteiger partial charge on any atom is -0.341 e. The molecule has 2 N–H and O–H groups in total. The van der Waals surface area contributed by atoms with E-state index in [1.54, 1.807) is 0 Å². The van der Waals surface area contributed by atoms with Gasteiger partial charge in [-0.1, -0.05) is 23.7 Å². The van der Waals surface area contributed by atoms with E-state index >= 15 is 0 Å². The van der Waals surface area contributed by atoms with Gasteiger partial charge in [0.25, 0.3) is 0 Å². The maximum Gasteiger partial charge on any atom is 0.235 e. The van der Waals surface area contributed by atoms with Crippen LogP contribution < -0.4 is 5.73 Å². The molecule has 1 heterocycles. The van der Waals surface area contributed by atoms with Crippen LogP contribution in [0.3, 0.4) is 0 Å². The lowest BCUT2D eigenvalue weighted by Gasteiger charge is -2.22. The number of thioether (sulfide) groups is 1. The Morgan fingerprint density at radius 1 is 1.36 bits per heavy atom. The molecule has 0 bridgehead atoms. The maximum absolute atomic E-state index is 12.6. The number of rotatable bonds is 3. The summed E-state index contributed by atoms with van der Waals surface area (Å²) in [4.78, 5) is 15.6. The monoisotopic (exact) mass is 360 g/mol. The number of carbonyl (C=O) groups excluding carboxylic acids is 1. The van der Waals surface area contributed by atoms with Crippen molar-refractivity contribution < 1.29 is 4.79 Å². The van der Waals surface area contributed by atoms with Crippen LogP contribution in [0.25, 0.3) is 0 Å². The molecule has 122 valence electrons. The number of fused-ring (bicyclic) bond motifs is 1. The molecule has 4 atom stereocenters. The Morgan fingerprint density at radius 3 is 2.77 bits per heavy atom. The second-order valence-electron chi connectivity index (χ2n) is 6.10. The lowest BCUT2D eigenvalue weighted by molar-refractivity contribution is -0.129. The van der Waals surface area contributed by atoms with Gasteiger partial charge in [0.05, 0.1) is 10.3 Å². The van der Waals surface area contributed by atoms with E-state index in [0.29, 0.717) is 16.9 Å². The van der Waals surface area contributed by atoms with Gasteiger partial charge in [0.2, 0.25) is 5.91 Å². The summed E-state index contributed by atoms with van der Waals surface area (Å²) in [5.74, 6) is 1.33. The Kier molecular flexibility index (Phi) is 6.06. The van der Waals surface area contributed by atoms with E-state index < -0.39 is 0 Å². The predicted octanol–water partition coefficient (Wildman–Crippen LogP) is 3.44. The minimum atomic E-state index is -0.111. The maximum atomic E-state index is 12.6. The first-order chi connectivity index (χ1) is 10.1. The van der Waals surface area contributed by atoms with Gasteiger partial charge in [-0.05, 0) is 43.7 Å². The Hall–Kier alpha value is -0.420. The highest BCUT2D eigenvalue weighted by Gasteiger charge is 2.43. The van der Waals surface area contributed by atoms with E-state index in [1.165, 1.54) is 18.2 Å². The molecule has 1 amide bonds. The van der Waals surface area contributed by atoms with Crippen LogP contribution in [0.4, 0.5) is 0 Å². The van der Waals surface area contributed by atoms with E-state index in [4.69, 9.17) is 17.3 Å². The van der Waals surface area contributed by atoms with Crippen LogP contribution in [-0.4, -0.2) is 35.2 Å². The number of nitrogens with zero attached hydrogens (tertiary/aromatic N) is 1. The summed E-state index contributed by atoms with van der Waals surface area (Å²) >= 11 is 7.71. The second-order valence-corrected chi connectivity index (χ2v) is 7.89. The summed E-state index contributed by atoms with van der Waals surface area (Å²) < 4.78 is 0. The van der Waals surface area contributed by atoms with Crippen LogP contribution >= 0.6 is 35.8 Å². The number of amides is 1. The third kappa shape index (κ3) is 3.56. The van der Waals surface area contributed by atoms with Crippen molar-refractivity contribution in [2.45, 2.75) is 36.0 Å². The molecule has 1 aliphatic carbocycles. The zero-order chi connectivity index (χ0) is 15.0. The summed E-state index contributed by atoms with van der Waals surface area (Å²) in [6.07, 6.45) is 2.28. The fourth-order valence-electron chi connectivity index (χ4n) is 3.53. The van der Waals surface area contributed by atoms with Crippen molar-refractivity contribution in [2.75, 3.05) is 13.1 Å². The Bertz CT molecular complexity index is 543. The summed E-state index contributed by atoms with van der Waals surface area (Å²) in [6.45, 7) is 3.67. The lowest BCUT2D eigenvalue weighted by Crippen LogP contribution is -2.37. The molecule has 0 radical (unpaired) electrons. The molecule has 1 aromatic rings. The van der Waals surface area contributed by atoms with Gasteiger partial charge >= 0.3 is 0 Å². The Morgan fingerprint density at radius 2 is 2.09 bits per heavy atom. The molecule has 1 saturated heterocycles. The van der Waals surface area contributed by atoms with E-state index in [1.807, 2.05) is 36.1 Å². The minimum absolute atomic E-state index is 0. The van der Waals surface area contributed by atoms with Crippen molar-refractivity contribution in [3.8, 4) is 0 Å². The zero-order valence-corrected chi connectivity index (χ0v) is 15.0. The van der Waals surface area contributed by atoms with Gasteiger partial charge in [0.1, 0.15) is 0 Å². The van der Waals surface area contributed by atoms with Crippen LogP contribution in [0.2, 0.25) is 5.02 Å². The highest BCUT2D eigenvalue weighted by molar-refractivity contribution is 8.00. The van der Waals surface area contributed by atoms with Crippen molar-refractivity contribution in [3.05, 3.63) is 29.3 Å². The predicted molar refractivity (Wildman–Crippen MR) is 94.8 cm³/mol. The van der Waals surface area contributed by atoms with E-state index in [0.717, 1.165) is 24.4 Å². The van der Waals surface area contributed by atoms with Crippen LogP contribution in [0.1, 0.15) is 19.8 Å². The van der Waals surface area contributed by atoms with Gasteiger partial charge in [-0.2, -0.15) is 0 Å². The quantitative estimate of drug-likeness (QED) is 0.839. The van der Waals surface area contributed by atoms with Gasteiger partial charge in [0, 0.05) is 24.0 Å². The first-order valence-electron chi connectivity index (χ1n) is 7.52. The van der Waals surface area contributed by atoms with Crippen LogP contribution in [0.5, 0.6) is 0 Å². The number of carbonyl (C=O) groups is 1. The van der Waals surface area contributed by atoms with Gasteiger partial charge in [-0.25, -0.2) is 0 Å². The Balaban J connectivity index is 0.00000176.